The van der Waals surface area contributed by atoms with Crippen LogP contribution in [0, 0.1) is 0 Å². The van der Waals surface area contributed by atoms with Gasteiger partial charge >= 0.3 is 0 Å². The van der Waals surface area contributed by atoms with Gasteiger partial charge < -0.3 is 10.1 Å². The van der Waals surface area contributed by atoms with Gasteiger partial charge in [-0.3, -0.25) is 0 Å². The Balaban J connectivity index is 1.83. The number of hydrogen-bond acceptors (Lipinski definition) is 2. The van der Waals surface area contributed by atoms with Crippen LogP contribution in [0.3, 0.4) is 0 Å². The van der Waals surface area contributed by atoms with Crippen molar-refractivity contribution in [1.29, 1.82) is 0 Å². The Kier molecular flexibility index (Phi) is 7.03. The molecule has 2 heteroatoms. The fourth-order valence-corrected chi connectivity index (χ4v) is 2.16. The maximum atomic E-state index is 5.51. The molecular formula is C13H27NO. The van der Waals surface area contributed by atoms with E-state index in [2.05, 4.69) is 19.2 Å². The average Bonchev–Trinajstić information content (AvgIpc) is 2.24. The first-order chi connectivity index (χ1) is 7.29. The van der Waals surface area contributed by atoms with Crippen LogP contribution in [0.1, 0.15) is 58.8 Å². The van der Waals surface area contributed by atoms with Gasteiger partial charge in [0.25, 0.3) is 0 Å². The van der Waals surface area contributed by atoms with Crippen molar-refractivity contribution in [2.75, 3.05) is 13.2 Å². The highest BCUT2D eigenvalue weighted by Crippen LogP contribution is 2.17. The quantitative estimate of drug-likeness (QED) is 0.656. The van der Waals surface area contributed by atoms with E-state index in [1.165, 1.54) is 51.5 Å². The zero-order valence-corrected chi connectivity index (χ0v) is 10.4. The molecule has 1 aliphatic carbocycles. The van der Waals surface area contributed by atoms with Crippen LogP contribution in [0.2, 0.25) is 0 Å². The summed E-state index contributed by atoms with van der Waals surface area (Å²) in [6, 6.07) is 0.810. The van der Waals surface area contributed by atoms with Gasteiger partial charge in [0, 0.05) is 12.6 Å². The van der Waals surface area contributed by atoms with E-state index in [1.54, 1.807) is 0 Å². The predicted molar refractivity (Wildman–Crippen MR) is 65.2 cm³/mol. The molecule has 2 nitrogen and oxygen atoms in total. The molecule has 0 aromatic rings. The van der Waals surface area contributed by atoms with Crippen molar-refractivity contribution >= 4 is 0 Å². The van der Waals surface area contributed by atoms with Gasteiger partial charge in [0.15, 0.2) is 0 Å². The molecule has 0 aliphatic heterocycles. The van der Waals surface area contributed by atoms with Crippen molar-refractivity contribution in [1.82, 2.24) is 5.32 Å². The molecule has 1 saturated carbocycles. The van der Waals surface area contributed by atoms with E-state index in [1.807, 2.05) is 0 Å². The molecule has 1 fully saturated rings. The minimum absolute atomic E-state index is 0.385. The molecule has 0 aromatic heterocycles. The van der Waals surface area contributed by atoms with E-state index in [0.29, 0.717) is 6.10 Å². The summed E-state index contributed by atoms with van der Waals surface area (Å²) in [5.41, 5.74) is 0. The van der Waals surface area contributed by atoms with Gasteiger partial charge in [-0.2, -0.15) is 0 Å². The van der Waals surface area contributed by atoms with Crippen molar-refractivity contribution in [3.8, 4) is 0 Å². The third kappa shape index (κ3) is 6.91. The molecule has 0 heterocycles. The van der Waals surface area contributed by atoms with Crippen LogP contribution >= 0.6 is 0 Å². The summed E-state index contributed by atoms with van der Waals surface area (Å²) in [6.45, 7) is 6.29. The third-order valence-electron chi connectivity index (χ3n) is 3.06. The van der Waals surface area contributed by atoms with Gasteiger partial charge in [-0.15, -0.1) is 0 Å². The van der Waals surface area contributed by atoms with Crippen LogP contribution in [0.15, 0.2) is 0 Å². The summed E-state index contributed by atoms with van der Waals surface area (Å²) in [5.74, 6) is 0. The average molecular weight is 213 g/mol. The van der Waals surface area contributed by atoms with Crippen LogP contribution in [-0.2, 0) is 4.74 Å². The Hall–Kier alpha value is -0.0800. The molecular weight excluding hydrogens is 186 g/mol. The molecule has 0 bridgehead atoms. The molecule has 0 unspecified atom stereocenters. The summed E-state index contributed by atoms with van der Waals surface area (Å²) in [7, 11) is 0. The van der Waals surface area contributed by atoms with E-state index in [9.17, 15) is 0 Å². The number of rotatable bonds is 7. The molecule has 1 rings (SSSR count). The second-order valence-electron chi connectivity index (χ2n) is 4.92. The molecule has 1 N–H and O–H groups in total. The molecule has 0 radical (unpaired) electrons. The maximum Gasteiger partial charge on any atom is 0.0518 e. The van der Waals surface area contributed by atoms with Gasteiger partial charge in [0.1, 0.15) is 0 Å². The highest BCUT2D eigenvalue weighted by molar-refractivity contribution is 4.71. The van der Waals surface area contributed by atoms with E-state index < -0.39 is 0 Å². The first-order valence-electron chi connectivity index (χ1n) is 6.64. The number of hydrogen-bond donors (Lipinski definition) is 1. The number of nitrogens with one attached hydrogen (secondary N) is 1. The lowest BCUT2D eigenvalue weighted by Gasteiger charge is -2.22. The maximum absolute atomic E-state index is 5.51. The Morgan fingerprint density at radius 1 is 1.13 bits per heavy atom. The van der Waals surface area contributed by atoms with Crippen LogP contribution in [-0.4, -0.2) is 25.3 Å². The standard InChI is InChI=1S/C13H27NO/c1-12(2)15-11-7-6-10-14-13-8-4-3-5-9-13/h12-14H,3-11H2,1-2H3. The Morgan fingerprint density at radius 3 is 2.53 bits per heavy atom. The summed E-state index contributed by atoms with van der Waals surface area (Å²) in [5, 5.41) is 3.65. The first-order valence-corrected chi connectivity index (χ1v) is 6.64. The second kappa shape index (κ2) is 8.12. The van der Waals surface area contributed by atoms with Crippen LogP contribution in [0.4, 0.5) is 0 Å². The molecule has 90 valence electrons. The zero-order valence-electron chi connectivity index (χ0n) is 10.4. The molecule has 0 amide bonds. The molecule has 1 aliphatic rings. The van der Waals surface area contributed by atoms with Crippen LogP contribution < -0.4 is 5.32 Å². The van der Waals surface area contributed by atoms with Crippen molar-refractivity contribution in [2.45, 2.75) is 70.9 Å². The Bertz CT molecular complexity index is 141. The highest BCUT2D eigenvalue weighted by Gasteiger charge is 2.11. The largest absolute Gasteiger partial charge is 0.379 e. The van der Waals surface area contributed by atoms with E-state index in [0.717, 1.165) is 12.6 Å². The van der Waals surface area contributed by atoms with E-state index in [-0.39, 0.29) is 0 Å². The van der Waals surface area contributed by atoms with Gasteiger partial charge in [0.2, 0.25) is 0 Å². The van der Waals surface area contributed by atoms with Crippen molar-refractivity contribution in [3.05, 3.63) is 0 Å². The smallest absolute Gasteiger partial charge is 0.0518 e. The molecule has 0 spiro atoms. The normalized spacial score (nSPS) is 18.6. The fourth-order valence-electron chi connectivity index (χ4n) is 2.16. The van der Waals surface area contributed by atoms with Gasteiger partial charge in [-0.05, 0) is 46.1 Å². The number of ether oxygens (including phenoxy) is 1. The molecule has 0 aromatic carbocycles. The van der Waals surface area contributed by atoms with Crippen LogP contribution in [0.25, 0.3) is 0 Å². The van der Waals surface area contributed by atoms with Crippen molar-refractivity contribution < 1.29 is 4.74 Å². The topological polar surface area (TPSA) is 21.3 Å². The first kappa shape index (κ1) is 13.0. The second-order valence-corrected chi connectivity index (χ2v) is 4.92. The summed E-state index contributed by atoms with van der Waals surface area (Å²) >= 11 is 0. The molecule has 0 atom stereocenters. The Morgan fingerprint density at radius 2 is 1.87 bits per heavy atom. The minimum atomic E-state index is 0.385. The van der Waals surface area contributed by atoms with E-state index >= 15 is 0 Å². The summed E-state index contributed by atoms with van der Waals surface area (Å²) < 4.78 is 5.51. The minimum Gasteiger partial charge on any atom is -0.379 e. The summed E-state index contributed by atoms with van der Waals surface area (Å²) in [4.78, 5) is 0. The van der Waals surface area contributed by atoms with Gasteiger partial charge in [-0.25, -0.2) is 0 Å². The van der Waals surface area contributed by atoms with Crippen LogP contribution in [0.5, 0.6) is 0 Å². The molecule has 15 heavy (non-hydrogen) atoms. The van der Waals surface area contributed by atoms with Crippen molar-refractivity contribution in [3.63, 3.8) is 0 Å². The molecule has 0 saturated heterocycles. The SMILES string of the molecule is CC(C)OCCCCNC1CCCCC1. The highest BCUT2D eigenvalue weighted by atomic mass is 16.5. The zero-order chi connectivity index (χ0) is 10.9. The lowest BCUT2D eigenvalue weighted by molar-refractivity contribution is 0.0759. The third-order valence-corrected chi connectivity index (χ3v) is 3.06. The van der Waals surface area contributed by atoms with Gasteiger partial charge in [-0.1, -0.05) is 19.3 Å². The predicted octanol–water partition coefficient (Wildman–Crippen LogP) is 3.11. The van der Waals surface area contributed by atoms with E-state index in [4.69, 9.17) is 4.74 Å². The van der Waals surface area contributed by atoms with Gasteiger partial charge in [0.05, 0.1) is 6.10 Å². The number of unbranched alkanes of at least 4 members (excludes halogenated alkanes) is 1. The Labute approximate surface area is 94.8 Å². The lowest BCUT2D eigenvalue weighted by atomic mass is 9.95. The lowest BCUT2D eigenvalue weighted by Crippen LogP contribution is -2.31. The monoisotopic (exact) mass is 213 g/mol. The summed E-state index contributed by atoms with van der Waals surface area (Å²) in [6.07, 6.45) is 9.91. The fraction of sp³-hybridized carbons (Fsp3) is 1.00. The van der Waals surface area contributed by atoms with Crippen molar-refractivity contribution in [2.24, 2.45) is 0 Å².